The Morgan fingerprint density at radius 3 is 2.80 bits per heavy atom. The van der Waals surface area contributed by atoms with Crippen molar-refractivity contribution in [1.82, 2.24) is 5.32 Å². The fourth-order valence-electron chi connectivity index (χ4n) is 1.51. The van der Waals surface area contributed by atoms with Crippen LogP contribution in [-0.2, 0) is 6.54 Å². The summed E-state index contributed by atoms with van der Waals surface area (Å²) in [6, 6.07) is 5.45. The first kappa shape index (κ1) is 10.3. The molecule has 0 aromatic heterocycles. The number of benzene rings is 1. The maximum absolute atomic E-state index is 9.43. The quantitative estimate of drug-likeness (QED) is 0.794. The number of phenols is 1. The molecule has 1 saturated carbocycles. The number of methoxy groups -OCH3 is 1. The van der Waals surface area contributed by atoms with E-state index in [2.05, 4.69) is 12.2 Å². The number of nitrogens with one attached hydrogen (secondary N) is 1. The van der Waals surface area contributed by atoms with Gasteiger partial charge in [0.1, 0.15) is 0 Å². The molecule has 1 aliphatic carbocycles. The molecule has 1 aliphatic rings. The molecule has 0 aliphatic heterocycles. The van der Waals surface area contributed by atoms with Crippen molar-refractivity contribution in [1.29, 1.82) is 0 Å². The summed E-state index contributed by atoms with van der Waals surface area (Å²) in [5.41, 5.74) is 1.48. The number of aromatic hydroxyl groups is 1. The van der Waals surface area contributed by atoms with Crippen molar-refractivity contribution < 1.29 is 9.84 Å². The first-order chi connectivity index (χ1) is 7.13. The summed E-state index contributed by atoms with van der Waals surface area (Å²) in [5, 5.41) is 12.9. The Kier molecular flexibility index (Phi) is 2.57. The molecule has 3 heteroatoms. The van der Waals surface area contributed by atoms with Crippen LogP contribution in [0.25, 0.3) is 0 Å². The van der Waals surface area contributed by atoms with E-state index in [1.165, 1.54) is 12.8 Å². The Labute approximate surface area is 90.1 Å². The molecule has 1 fully saturated rings. The van der Waals surface area contributed by atoms with E-state index in [0.717, 1.165) is 12.1 Å². The smallest absolute Gasteiger partial charge is 0.160 e. The van der Waals surface area contributed by atoms with E-state index in [-0.39, 0.29) is 5.75 Å². The van der Waals surface area contributed by atoms with E-state index < -0.39 is 0 Å². The van der Waals surface area contributed by atoms with E-state index in [9.17, 15) is 5.11 Å². The van der Waals surface area contributed by atoms with Crippen molar-refractivity contribution >= 4 is 0 Å². The fraction of sp³-hybridized carbons (Fsp3) is 0.500. The third-order valence-electron chi connectivity index (χ3n) is 2.96. The molecule has 0 unspecified atom stereocenters. The minimum absolute atomic E-state index is 0.193. The number of ether oxygens (including phenoxy) is 1. The number of phenolic OH excluding ortho intramolecular Hbond substituents is 1. The molecular formula is C12H17NO2. The normalized spacial score (nSPS) is 17.5. The minimum atomic E-state index is 0.193. The Bertz CT molecular complexity index is 359. The molecule has 3 nitrogen and oxygen atoms in total. The van der Waals surface area contributed by atoms with Crippen LogP contribution in [-0.4, -0.2) is 17.8 Å². The molecule has 2 rings (SSSR count). The predicted molar refractivity (Wildman–Crippen MR) is 59.1 cm³/mol. The summed E-state index contributed by atoms with van der Waals surface area (Å²) in [5.74, 6) is 0.731. The molecular weight excluding hydrogens is 190 g/mol. The van der Waals surface area contributed by atoms with Crippen molar-refractivity contribution in [2.75, 3.05) is 7.11 Å². The van der Waals surface area contributed by atoms with Crippen LogP contribution < -0.4 is 10.1 Å². The molecule has 15 heavy (non-hydrogen) atoms. The summed E-state index contributed by atoms with van der Waals surface area (Å²) >= 11 is 0. The largest absolute Gasteiger partial charge is 0.504 e. The second-order valence-electron chi connectivity index (χ2n) is 4.42. The standard InChI is InChI=1S/C12H17NO2/c1-12(5-6-12)13-8-9-3-4-10(14)11(7-9)15-2/h3-4,7,13-14H,5-6,8H2,1-2H3. The van der Waals surface area contributed by atoms with Crippen molar-refractivity contribution in [2.24, 2.45) is 0 Å². The van der Waals surface area contributed by atoms with Gasteiger partial charge in [0.15, 0.2) is 11.5 Å². The molecule has 0 radical (unpaired) electrons. The Hall–Kier alpha value is -1.22. The van der Waals surface area contributed by atoms with Crippen molar-refractivity contribution in [3.63, 3.8) is 0 Å². The van der Waals surface area contributed by atoms with Gasteiger partial charge >= 0.3 is 0 Å². The number of hydrogen-bond acceptors (Lipinski definition) is 3. The van der Waals surface area contributed by atoms with E-state index in [1.54, 1.807) is 13.2 Å². The number of rotatable bonds is 4. The lowest BCUT2D eigenvalue weighted by atomic mass is 10.2. The van der Waals surface area contributed by atoms with Gasteiger partial charge in [0.25, 0.3) is 0 Å². The lowest BCUT2D eigenvalue weighted by Gasteiger charge is -2.12. The van der Waals surface area contributed by atoms with E-state index in [4.69, 9.17) is 4.74 Å². The molecule has 0 amide bonds. The average molecular weight is 207 g/mol. The highest BCUT2D eigenvalue weighted by atomic mass is 16.5. The summed E-state index contributed by atoms with van der Waals surface area (Å²) < 4.78 is 5.06. The third-order valence-corrected chi connectivity index (χ3v) is 2.96. The van der Waals surface area contributed by atoms with E-state index in [0.29, 0.717) is 11.3 Å². The van der Waals surface area contributed by atoms with Crippen LogP contribution in [0.3, 0.4) is 0 Å². The molecule has 0 bridgehead atoms. The van der Waals surface area contributed by atoms with Crippen LogP contribution in [0.4, 0.5) is 0 Å². The summed E-state index contributed by atoms with van der Waals surface area (Å²) in [4.78, 5) is 0. The van der Waals surface area contributed by atoms with Gasteiger partial charge in [-0.05, 0) is 37.5 Å². The molecule has 82 valence electrons. The molecule has 0 atom stereocenters. The fourth-order valence-corrected chi connectivity index (χ4v) is 1.51. The molecule has 0 spiro atoms. The van der Waals surface area contributed by atoms with Gasteiger partial charge in [-0.3, -0.25) is 0 Å². The van der Waals surface area contributed by atoms with Gasteiger partial charge in [-0.1, -0.05) is 6.07 Å². The van der Waals surface area contributed by atoms with Gasteiger partial charge in [-0.15, -0.1) is 0 Å². The Balaban J connectivity index is 2.01. The zero-order valence-corrected chi connectivity index (χ0v) is 9.21. The highest BCUT2D eigenvalue weighted by Crippen LogP contribution is 2.35. The van der Waals surface area contributed by atoms with Gasteiger partial charge in [-0.25, -0.2) is 0 Å². The van der Waals surface area contributed by atoms with Crippen LogP contribution in [0.2, 0.25) is 0 Å². The van der Waals surface area contributed by atoms with Crippen LogP contribution in [0.5, 0.6) is 11.5 Å². The first-order valence-corrected chi connectivity index (χ1v) is 5.24. The second kappa shape index (κ2) is 3.74. The molecule has 1 aromatic carbocycles. The molecule has 1 aromatic rings. The molecule has 0 heterocycles. The summed E-state index contributed by atoms with van der Waals surface area (Å²) in [7, 11) is 1.56. The van der Waals surface area contributed by atoms with Crippen molar-refractivity contribution in [2.45, 2.75) is 31.8 Å². The predicted octanol–water partition coefficient (Wildman–Crippen LogP) is 2.04. The zero-order chi connectivity index (χ0) is 10.9. The second-order valence-corrected chi connectivity index (χ2v) is 4.42. The highest BCUT2D eigenvalue weighted by Gasteiger charge is 2.36. The van der Waals surface area contributed by atoms with Crippen molar-refractivity contribution in [3.8, 4) is 11.5 Å². The SMILES string of the molecule is COc1cc(CNC2(C)CC2)ccc1O. The van der Waals surface area contributed by atoms with Crippen LogP contribution in [0.1, 0.15) is 25.3 Å². The lowest BCUT2D eigenvalue weighted by molar-refractivity contribution is 0.372. The topological polar surface area (TPSA) is 41.5 Å². The average Bonchev–Trinajstić information content (AvgIpc) is 2.96. The van der Waals surface area contributed by atoms with E-state index >= 15 is 0 Å². The monoisotopic (exact) mass is 207 g/mol. The van der Waals surface area contributed by atoms with Crippen LogP contribution in [0.15, 0.2) is 18.2 Å². The maximum atomic E-state index is 9.43. The maximum Gasteiger partial charge on any atom is 0.160 e. The first-order valence-electron chi connectivity index (χ1n) is 5.24. The van der Waals surface area contributed by atoms with Crippen LogP contribution >= 0.6 is 0 Å². The molecule has 2 N–H and O–H groups in total. The van der Waals surface area contributed by atoms with Gasteiger partial charge in [-0.2, -0.15) is 0 Å². The van der Waals surface area contributed by atoms with Crippen molar-refractivity contribution in [3.05, 3.63) is 23.8 Å². The number of hydrogen-bond donors (Lipinski definition) is 2. The third kappa shape index (κ3) is 2.42. The Morgan fingerprint density at radius 2 is 2.20 bits per heavy atom. The highest BCUT2D eigenvalue weighted by molar-refractivity contribution is 5.41. The van der Waals surface area contributed by atoms with Gasteiger partial charge in [0, 0.05) is 12.1 Å². The van der Waals surface area contributed by atoms with Gasteiger partial charge in [0.05, 0.1) is 7.11 Å². The van der Waals surface area contributed by atoms with E-state index in [1.807, 2.05) is 12.1 Å². The van der Waals surface area contributed by atoms with Gasteiger partial charge in [0.2, 0.25) is 0 Å². The Morgan fingerprint density at radius 1 is 1.47 bits per heavy atom. The molecule has 0 saturated heterocycles. The zero-order valence-electron chi connectivity index (χ0n) is 9.21. The van der Waals surface area contributed by atoms with Crippen LogP contribution in [0, 0.1) is 0 Å². The lowest BCUT2D eigenvalue weighted by Crippen LogP contribution is -2.26. The minimum Gasteiger partial charge on any atom is -0.504 e. The van der Waals surface area contributed by atoms with Gasteiger partial charge < -0.3 is 15.2 Å². The summed E-state index contributed by atoms with van der Waals surface area (Å²) in [6.07, 6.45) is 2.50. The summed E-state index contributed by atoms with van der Waals surface area (Å²) in [6.45, 7) is 3.05.